The quantitative estimate of drug-likeness (QED) is 0.265. The van der Waals surface area contributed by atoms with Crippen LogP contribution >= 0.6 is 7.60 Å². The molecule has 0 bridgehead atoms. The first-order valence-electron chi connectivity index (χ1n) is 7.98. The van der Waals surface area contributed by atoms with Gasteiger partial charge < -0.3 is 39.9 Å². The SMILES string of the molecule is O=P(O)(O)COC[C@H]1O[C@@H](n2cnc3c(NCCO)ncnc32)[C@H](O)[C@@H]1O. The summed E-state index contributed by atoms with van der Waals surface area (Å²) in [6.07, 6.45) is -2.88. The van der Waals surface area contributed by atoms with Gasteiger partial charge in [0.2, 0.25) is 0 Å². The summed E-state index contributed by atoms with van der Waals surface area (Å²) >= 11 is 0. The minimum atomic E-state index is -4.35. The van der Waals surface area contributed by atoms with E-state index in [0.717, 1.165) is 0 Å². The third-order valence-corrected chi connectivity index (χ3v) is 4.43. The molecule has 0 aliphatic carbocycles. The van der Waals surface area contributed by atoms with E-state index < -0.39 is 38.5 Å². The number of aliphatic hydroxyl groups is 3. The Hall–Kier alpha value is -1.70. The second-order valence-corrected chi connectivity index (χ2v) is 7.50. The summed E-state index contributed by atoms with van der Waals surface area (Å²) in [5, 5.41) is 32.3. The van der Waals surface area contributed by atoms with Crippen LogP contribution in [0.15, 0.2) is 12.7 Å². The zero-order chi connectivity index (χ0) is 19.6. The second-order valence-electron chi connectivity index (χ2n) is 5.91. The van der Waals surface area contributed by atoms with Gasteiger partial charge in [-0.25, -0.2) is 15.0 Å². The minimum Gasteiger partial charge on any atom is -0.395 e. The van der Waals surface area contributed by atoms with Crippen molar-refractivity contribution < 1.29 is 39.1 Å². The molecule has 3 rings (SSSR count). The highest BCUT2D eigenvalue weighted by molar-refractivity contribution is 7.51. The standard InChI is InChI=1S/C13H20N5O8P/c19-2-1-14-11-8-12(16-4-15-11)18(5-17-8)13-10(21)9(20)7(26-13)3-25-6-27(22,23)24/h4-5,7,9-10,13,19-21H,1-3,6H2,(H,14,15,16)(H2,22,23,24)/t7-,9-,10-,13-/m1/s1. The number of nitrogens with zero attached hydrogens (tertiary/aromatic N) is 4. The topological polar surface area (TPSA) is 192 Å². The normalized spacial score (nSPS) is 26.0. The molecule has 27 heavy (non-hydrogen) atoms. The average Bonchev–Trinajstić information content (AvgIpc) is 3.15. The molecule has 3 heterocycles. The monoisotopic (exact) mass is 405 g/mol. The van der Waals surface area contributed by atoms with Crippen molar-refractivity contribution in [3.63, 3.8) is 0 Å². The Kier molecular flexibility index (Phi) is 6.03. The zero-order valence-corrected chi connectivity index (χ0v) is 14.9. The maximum absolute atomic E-state index is 10.8. The molecule has 1 aliphatic heterocycles. The number of hydrogen-bond donors (Lipinski definition) is 6. The molecule has 0 amide bonds. The largest absolute Gasteiger partial charge is 0.395 e. The maximum atomic E-state index is 10.8. The fourth-order valence-electron chi connectivity index (χ4n) is 2.73. The van der Waals surface area contributed by atoms with E-state index >= 15 is 0 Å². The predicted octanol–water partition coefficient (Wildman–Crippen LogP) is -2.00. The van der Waals surface area contributed by atoms with Crippen molar-refractivity contribution in [2.45, 2.75) is 24.5 Å². The lowest BCUT2D eigenvalue weighted by Crippen LogP contribution is -2.33. The smallest absolute Gasteiger partial charge is 0.350 e. The van der Waals surface area contributed by atoms with Crippen LogP contribution in [0.1, 0.15) is 6.23 Å². The first-order valence-corrected chi connectivity index (χ1v) is 9.78. The van der Waals surface area contributed by atoms with Gasteiger partial charge >= 0.3 is 7.60 Å². The third-order valence-electron chi connectivity index (χ3n) is 3.92. The average molecular weight is 405 g/mol. The molecule has 0 spiro atoms. The van der Waals surface area contributed by atoms with E-state index in [-0.39, 0.29) is 19.8 Å². The van der Waals surface area contributed by atoms with Crippen molar-refractivity contribution in [3.05, 3.63) is 12.7 Å². The molecule has 4 atom stereocenters. The molecule has 6 N–H and O–H groups in total. The van der Waals surface area contributed by atoms with Crippen LogP contribution in [0, 0.1) is 0 Å². The molecule has 0 unspecified atom stereocenters. The van der Waals surface area contributed by atoms with Crippen molar-refractivity contribution in [2.75, 3.05) is 31.4 Å². The molecule has 0 aromatic carbocycles. The number of ether oxygens (including phenoxy) is 2. The Morgan fingerprint density at radius 1 is 1.26 bits per heavy atom. The van der Waals surface area contributed by atoms with Gasteiger partial charge in [0, 0.05) is 6.54 Å². The van der Waals surface area contributed by atoms with Gasteiger partial charge in [0.05, 0.1) is 19.5 Å². The Morgan fingerprint density at radius 2 is 2.04 bits per heavy atom. The lowest BCUT2D eigenvalue weighted by Gasteiger charge is -2.16. The number of hydrogen-bond acceptors (Lipinski definition) is 10. The molecule has 1 aliphatic rings. The molecule has 1 fully saturated rings. The molecule has 150 valence electrons. The Bertz CT molecular complexity index is 828. The molecule has 0 radical (unpaired) electrons. The Labute approximate surface area is 152 Å². The number of aromatic nitrogens is 4. The molecule has 2 aromatic heterocycles. The van der Waals surface area contributed by atoms with Gasteiger partial charge in [-0.3, -0.25) is 9.13 Å². The van der Waals surface area contributed by atoms with Crippen molar-refractivity contribution in [1.29, 1.82) is 0 Å². The highest BCUT2D eigenvalue weighted by atomic mass is 31.2. The van der Waals surface area contributed by atoms with E-state index in [9.17, 15) is 14.8 Å². The van der Waals surface area contributed by atoms with Crippen LogP contribution in [0.25, 0.3) is 11.2 Å². The number of imidazole rings is 1. The molecule has 14 heteroatoms. The van der Waals surface area contributed by atoms with Crippen molar-refractivity contribution in [1.82, 2.24) is 19.5 Å². The predicted molar refractivity (Wildman–Crippen MR) is 89.7 cm³/mol. The van der Waals surface area contributed by atoms with E-state index in [1.54, 1.807) is 0 Å². The van der Waals surface area contributed by atoms with Gasteiger partial charge in [-0.05, 0) is 0 Å². The van der Waals surface area contributed by atoms with Gasteiger partial charge in [-0.1, -0.05) is 0 Å². The van der Waals surface area contributed by atoms with Crippen LogP contribution in [0.3, 0.4) is 0 Å². The van der Waals surface area contributed by atoms with Crippen LogP contribution in [0.2, 0.25) is 0 Å². The fourth-order valence-corrected chi connectivity index (χ4v) is 3.07. The highest BCUT2D eigenvalue weighted by Gasteiger charge is 2.44. The van der Waals surface area contributed by atoms with Crippen molar-refractivity contribution in [3.8, 4) is 0 Å². The maximum Gasteiger partial charge on any atom is 0.350 e. The van der Waals surface area contributed by atoms with Gasteiger partial charge in [0.1, 0.15) is 31.0 Å². The van der Waals surface area contributed by atoms with E-state index in [1.165, 1.54) is 17.2 Å². The third kappa shape index (κ3) is 4.42. The van der Waals surface area contributed by atoms with Crippen LogP contribution < -0.4 is 5.32 Å². The lowest BCUT2D eigenvalue weighted by molar-refractivity contribution is -0.0612. The van der Waals surface area contributed by atoms with Crippen LogP contribution in [0.4, 0.5) is 5.82 Å². The van der Waals surface area contributed by atoms with Gasteiger partial charge in [0.15, 0.2) is 23.2 Å². The molecular formula is C13H20N5O8P. The van der Waals surface area contributed by atoms with Crippen molar-refractivity contribution >= 4 is 24.6 Å². The van der Waals surface area contributed by atoms with Crippen molar-refractivity contribution in [2.24, 2.45) is 0 Å². The number of aliphatic hydroxyl groups excluding tert-OH is 3. The summed E-state index contributed by atoms with van der Waals surface area (Å²) in [6, 6.07) is 0. The molecule has 1 saturated heterocycles. The van der Waals surface area contributed by atoms with E-state index in [2.05, 4.69) is 20.3 Å². The first-order chi connectivity index (χ1) is 12.8. The summed E-state index contributed by atoms with van der Waals surface area (Å²) in [4.78, 5) is 29.9. The number of rotatable bonds is 8. The second kappa shape index (κ2) is 8.12. The summed E-state index contributed by atoms with van der Waals surface area (Å²) in [6.45, 7) is -0.150. The van der Waals surface area contributed by atoms with Crippen LogP contribution in [-0.4, -0.2) is 89.0 Å². The summed E-state index contributed by atoms with van der Waals surface area (Å²) < 4.78 is 22.7. The van der Waals surface area contributed by atoms with Crippen LogP contribution in [-0.2, 0) is 14.0 Å². The lowest BCUT2D eigenvalue weighted by atomic mass is 10.1. The van der Waals surface area contributed by atoms with Gasteiger partial charge in [-0.2, -0.15) is 0 Å². The summed E-state index contributed by atoms with van der Waals surface area (Å²) in [5.41, 5.74) is 0.718. The number of fused-ring (bicyclic) bond motifs is 1. The van der Waals surface area contributed by atoms with E-state index in [0.29, 0.717) is 17.0 Å². The summed E-state index contributed by atoms with van der Waals surface area (Å²) in [5.74, 6) is 0.391. The van der Waals surface area contributed by atoms with E-state index in [4.69, 9.17) is 24.4 Å². The molecular weight excluding hydrogens is 385 g/mol. The minimum absolute atomic E-state index is 0.0981. The first kappa shape index (κ1) is 20.0. The number of nitrogens with one attached hydrogen (secondary N) is 1. The van der Waals surface area contributed by atoms with Gasteiger partial charge in [0.25, 0.3) is 0 Å². The Balaban J connectivity index is 1.77. The fraction of sp³-hybridized carbons (Fsp3) is 0.615. The highest BCUT2D eigenvalue weighted by Crippen LogP contribution is 2.36. The molecule has 13 nitrogen and oxygen atoms in total. The summed E-state index contributed by atoms with van der Waals surface area (Å²) in [7, 11) is -4.35. The van der Waals surface area contributed by atoms with E-state index in [1.807, 2.05) is 0 Å². The molecule has 2 aromatic rings. The number of anilines is 1. The zero-order valence-electron chi connectivity index (χ0n) is 14.0. The van der Waals surface area contributed by atoms with Gasteiger partial charge in [-0.15, -0.1) is 0 Å². The Morgan fingerprint density at radius 3 is 2.74 bits per heavy atom. The van der Waals surface area contributed by atoms with Crippen LogP contribution in [0.5, 0.6) is 0 Å². The molecule has 0 saturated carbocycles.